The number of nitrogens with two attached hydrogens (primary N) is 1. The van der Waals surface area contributed by atoms with Crippen molar-refractivity contribution in [1.29, 1.82) is 0 Å². The predicted molar refractivity (Wildman–Crippen MR) is 122 cm³/mol. The maximum absolute atomic E-state index is 5.87. The number of morpholine rings is 1. The minimum Gasteiger partial charge on any atom is -0.368 e. The summed E-state index contributed by atoms with van der Waals surface area (Å²) in [5.74, 6) is 2.44. The third-order valence-electron chi connectivity index (χ3n) is 5.39. The molecule has 0 aromatic carbocycles. The lowest BCUT2D eigenvalue weighted by molar-refractivity contribution is 0.0223. The van der Waals surface area contributed by atoms with E-state index in [1.54, 1.807) is 12.4 Å². The van der Waals surface area contributed by atoms with Crippen molar-refractivity contribution in [2.24, 2.45) is 0 Å². The van der Waals surface area contributed by atoms with E-state index in [1.165, 1.54) is 0 Å². The Hall–Kier alpha value is -3.41. The van der Waals surface area contributed by atoms with E-state index in [-0.39, 0.29) is 12.1 Å². The summed E-state index contributed by atoms with van der Waals surface area (Å²) < 4.78 is 5.87. The fourth-order valence-corrected chi connectivity index (χ4v) is 3.71. The minimum absolute atomic E-state index is 0.219. The normalized spacial score (nSPS) is 19.0. The molecule has 0 saturated carbocycles. The molecule has 32 heavy (non-hydrogen) atoms. The molecular formula is C21H26N10O. The second-order valence-electron chi connectivity index (χ2n) is 7.66. The lowest BCUT2D eigenvalue weighted by Gasteiger charge is -2.28. The SMILES string of the molecule is Nc1ncc(-c2cc(Nc3ccc(N4CCNCC4)nc3)nc(C3CNCCO3)n2)cn1. The molecule has 2 fully saturated rings. The van der Waals surface area contributed by atoms with Gasteiger partial charge >= 0.3 is 0 Å². The molecule has 166 valence electrons. The first-order valence-electron chi connectivity index (χ1n) is 10.7. The van der Waals surface area contributed by atoms with Crippen molar-refractivity contribution in [3.8, 4) is 11.3 Å². The molecule has 0 spiro atoms. The van der Waals surface area contributed by atoms with Crippen LogP contribution < -0.4 is 26.6 Å². The van der Waals surface area contributed by atoms with Crippen LogP contribution in [0.25, 0.3) is 11.3 Å². The average Bonchev–Trinajstić information content (AvgIpc) is 2.86. The fourth-order valence-electron chi connectivity index (χ4n) is 3.71. The number of hydrogen-bond donors (Lipinski definition) is 4. The highest BCUT2D eigenvalue weighted by atomic mass is 16.5. The van der Waals surface area contributed by atoms with Crippen LogP contribution in [0.15, 0.2) is 36.8 Å². The van der Waals surface area contributed by atoms with Gasteiger partial charge in [-0.15, -0.1) is 0 Å². The van der Waals surface area contributed by atoms with E-state index in [0.29, 0.717) is 30.5 Å². The van der Waals surface area contributed by atoms with Gasteiger partial charge in [0.15, 0.2) is 5.82 Å². The van der Waals surface area contributed by atoms with Crippen molar-refractivity contribution in [2.45, 2.75) is 6.10 Å². The molecule has 0 aliphatic carbocycles. The summed E-state index contributed by atoms with van der Waals surface area (Å²) in [6.45, 7) is 5.95. The van der Waals surface area contributed by atoms with Crippen LogP contribution in [-0.2, 0) is 4.74 Å². The zero-order valence-electron chi connectivity index (χ0n) is 17.7. The van der Waals surface area contributed by atoms with Crippen molar-refractivity contribution in [3.05, 3.63) is 42.6 Å². The van der Waals surface area contributed by atoms with E-state index in [4.69, 9.17) is 20.4 Å². The smallest absolute Gasteiger partial charge is 0.219 e. The van der Waals surface area contributed by atoms with E-state index in [0.717, 1.165) is 49.8 Å². The topological polar surface area (TPSA) is 139 Å². The summed E-state index contributed by atoms with van der Waals surface area (Å²) in [6.07, 6.45) is 4.90. The highest BCUT2D eigenvalue weighted by molar-refractivity contribution is 5.65. The minimum atomic E-state index is -0.229. The number of ether oxygens (including phenoxy) is 1. The van der Waals surface area contributed by atoms with E-state index in [9.17, 15) is 0 Å². The van der Waals surface area contributed by atoms with Crippen LogP contribution in [0.4, 0.5) is 23.3 Å². The number of hydrogen-bond acceptors (Lipinski definition) is 11. The number of nitrogens with zero attached hydrogens (tertiary/aromatic N) is 6. The Kier molecular flexibility index (Phi) is 6.01. The van der Waals surface area contributed by atoms with Crippen molar-refractivity contribution >= 4 is 23.3 Å². The van der Waals surface area contributed by atoms with Gasteiger partial charge in [-0.25, -0.2) is 24.9 Å². The standard InChI is InChI=1S/C21H26N10O/c22-21-26-10-14(11-27-21)16-9-18(30-20(29-16)17-13-24-5-8-32-17)28-15-1-2-19(25-12-15)31-6-3-23-4-7-31/h1-2,9-12,17,23-24H,3-8,13H2,(H2,22,26,27)(H,28,29,30). The monoisotopic (exact) mass is 434 g/mol. The van der Waals surface area contributed by atoms with Crippen LogP contribution in [0.3, 0.4) is 0 Å². The van der Waals surface area contributed by atoms with Crippen LogP contribution in [0.5, 0.6) is 0 Å². The third kappa shape index (κ3) is 4.74. The first-order chi connectivity index (χ1) is 15.7. The number of anilines is 4. The maximum atomic E-state index is 5.87. The molecule has 1 atom stereocenters. The molecule has 0 amide bonds. The summed E-state index contributed by atoms with van der Waals surface area (Å²) in [4.78, 5) is 24.5. The molecule has 5 heterocycles. The molecule has 11 nitrogen and oxygen atoms in total. The summed E-state index contributed by atoms with van der Waals surface area (Å²) >= 11 is 0. The molecule has 5 N–H and O–H groups in total. The Morgan fingerprint density at radius 1 is 1.00 bits per heavy atom. The molecule has 2 aliphatic rings. The fraction of sp³-hybridized carbons (Fsp3) is 0.381. The van der Waals surface area contributed by atoms with E-state index < -0.39 is 0 Å². The summed E-state index contributed by atoms with van der Waals surface area (Å²) in [7, 11) is 0. The van der Waals surface area contributed by atoms with Gasteiger partial charge in [-0.05, 0) is 12.1 Å². The Bertz CT molecular complexity index is 1030. The third-order valence-corrected chi connectivity index (χ3v) is 5.39. The van der Waals surface area contributed by atoms with Crippen LogP contribution >= 0.6 is 0 Å². The molecule has 1 unspecified atom stereocenters. The maximum Gasteiger partial charge on any atom is 0.219 e. The lowest BCUT2D eigenvalue weighted by atomic mass is 10.2. The molecule has 2 saturated heterocycles. The molecule has 3 aromatic rings. The molecule has 3 aromatic heterocycles. The van der Waals surface area contributed by atoms with Gasteiger partial charge in [-0.2, -0.15) is 0 Å². The molecule has 0 radical (unpaired) electrons. The Morgan fingerprint density at radius 2 is 1.84 bits per heavy atom. The zero-order valence-corrected chi connectivity index (χ0v) is 17.7. The van der Waals surface area contributed by atoms with E-state index >= 15 is 0 Å². The summed E-state index contributed by atoms with van der Waals surface area (Å²) in [6, 6.07) is 5.90. The number of nitrogens with one attached hydrogen (secondary N) is 3. The van der Waals surface area contributed by atoms with Crippen LogP contribution in [0.2, 0.25) is 0 Å². The number of pyridine rings is 1. The number of piperazine rings is 1. The summed E-state index contributed by atoms with van der Waals surface area (Å²) in [5, 5.41) is 10.0. The molecular weight excluding hydrogens is 408 g/mol. The summed E-state index contributed by atoms with van der Waals surface area (Å²) in [5.41, 5.74) is 7.93. The van der Waals surface area contributed by atoms with Crippen LogP contribution in [0, 0.1) is 0 Å². The Morgan fingerprint density at radius 3 is 2.56 bits per heavy atom. The number of nitrogen functional groups attached to an aromatic ring is 1. The van der Waals surface area contributed by atoms with Gasteiger partial charge < -0.3 is 31.3 Å². The second-order valence-corrected chi connectivity index (χ2v) is 7.66. The van der Waals surface area contributed by atoms with Crippen molar-refractivity contribution in [2.75, 3.05) is 61.8 Å². The van der Waals surface area contributed by atoms with Gasteiger partial charge in [0.2, 0.25) is 5.95 Å². The zero-order chi connectivity index (χ0) is 21.8. The van der Waals surface area contributed by atoms with Gasteiger partial charge in [0.05, 0.1) is 24.2 Å². The quantitative estimate of drug-likeness (QED) is 0.452. The van der Waals surface area contributed by atoms with E-state index in [1.807, 2.05) is 24.4 Å². The number of rotatable bonds is 5. The lowest BCUT2D eigenvalue weighted by Crippen LogP contribution is -2.43. The highest BCUT2D eigenvalue weighted by Gasteiger charge is 2.21. The van der Waals surface area contributed by atoms with Crippen molar-refractivity contribution in [1.82, 2.24) is 35.6 Å². The van der Waals surface area contributed by atoms with Crippen LogP contribution in [0.1, 0.15) is 11.9 Å². The van der Waals surface area contributed by atoms with Crippen molar-refractivity contribution < 1.29 is 4.74 Å². The van der Waals surface area contributed by atoms with Gasteiger partial charge in [-0.1, -0.05) is 0 Å². The Labute approximate surface area is 185 Å². The number of aromatic nitrogens is 5. The molecule has 11 heteroatoms. The van der Waals surface area contributed by atoms with Crippen molar-refractivity contribution in [3.63, 3.8) is 0 Å². The highest BCUT2D eigenvalue weighted by Crippen LogP contribution is 2.25. The van der Waals surface area contributed by atoms with Gasteiger partial charge in [0.25, 0.3) is 0 Å². The molecule has 5 rings (SSSR count). The average molecular weight is 435 g/mol. The first kappa shape index (κ1) is 20.5. The second kappa shape index (κ2) is 9.39. The van der Waals surface area contributed by atoms with Crippen LogP contribution in [-0.4, -0.2) is 70.8 Å². The predicted octanol–water partition coefficient (Wildman–Crippen LogP) is 0.725. The van der Waals surface area contributed by atoms with Gasteiger partial charge in [-0.3, -0.25) is 0 Å². The molecule has 0 bridgehead atoms. The largest absolute Gasteiger partial charge is 0.368 e. The Balaban J connectivity index is 1.41. The molecule has 2 aliphatic heterocycles. The first-order valence-corrected chi connectivity index (χ1v) is 10.7. The van der Waals surface area contributed by atoms with Gasteiger partial charge in [0, 0.05) is 63.3 Å². The van der Waals surface area contributed by atoms with E-state index in [2.05, 4.69) is 35.8 Å². The van der Waals surface area contributed by atoms with Gasteiger partial charge in [0.1, 0.15) is 17.7 Å².